The van der Waals surface area contributed by atoms with Crippen LogP contribution in [0.3, 0.4) is 0 Å². The van der Waals surface area contributed by atoms with E-state index in [2.05, 4.69) is 26.6 Å². The average molecular weight is 253 g/mol. The third-order valence-corrected chi connectivity index (χ3v) is 1.51. The summed E-state index contributed by atoms with van der Waals surface area (Å²) in [4.78, 5) is 31.4. The molecule has 0 aliphatic carbocycles. The Balaban J connectivity index is 3.52. The van der Waals surface area contributed by atoms with Crippen LogP contribution in [0.4, 0.5) is 0 Å². The predicted octanol–water partition coefficient (Wildman–Crippen LogP) is -1.30. The summed E-state index contributed by atoms with van der Waals surface area (Å²) in [5, 5.41) is 12.6. The molecule has 0 atom stereocenters. The first kappa shape index (κ1) is 11.9. The van der Waals surface area contributed by atoms with E-state index in [0.717, 1.165) is 0 Å². The van der Waals surface area contributed by atoms with Crippen LogP contribution in [0.1, 0.15) is 0 Å². The Hall–Kier alpha value is -1.11. The lowest BCUT2D eigenvalue weighted by molar-refractivity contribution is -0.137. The Kier molecular flexibility index (Phi) is 5.86. The number of carboxylic acid groups (broad SMARTS) is 1. The number of carbonyl (C=O) groups excluding carboxylic acids is 2. The number of carbonyl (C=O) groups is 3. The second kappa shape index (κ2) is 6.41. The van der Waals surface area contributed by atoms with Gasteiger partial charge in [-0.05, 0) is 0 Å². The smallest absolute Gasteiger partial charge is 0.322 e. The van der Waals surface area contributed by atoms with Gasteiger partial charge in [0.15, 0.2) is 0 Å². The summed E-state index contributed by atoms with van der Waals surface area (Å²) in [6, 6.07) is 0. The van der Waals surface area contributed by atoms with Gasteiger partial charge in [-0.1, -0.05) is 15.9 Å². The summed E-state index contributed by atoms with van der Waals surface area (Å²) in [5.41, 5.74) is 0. The van der Waals surface area contributed by atoms with Crippen molar-refractivity contribution >= 4 is 33.7 Å². The van der Waals surface area contributed by atoms with Crippen LogP contribution in [0.2, 0.25) is 0 Å². The van der Waals surface area contributed by atoms with Gasteiger partial charge in [-0.3, -0.25) is 14.4 Å². The van der Waals surface area contributed by atoms with Crippen LogP contribution < -0.4 is 10.6 Å². The summed E-state index contributed by atoms with van der Waals surface area (Å²) in [6.07, 6.45) is 0. The minimum atomic E-state index is -1.12. The lowest BCUT2D eigenvalue weighted by Crippen LogP contribution is -2.39. The number of hydrogen-bond donors (Lipinski definition) is 3. The maximum absolute atomic E-state index is 10.8. The van der Waals surface area contributed by atoms with Gasteiger partial charge in [0.05, 0.1) is 11.9 Å². The van der Waals surface area contributed by atoms with Gasteiger partial charge < -0.3 is 15.7 Å². The first-order valence-corrected chi connectivity index (χ1v) is 4.49. The molecule has 74 valence electrons. The fourth-order valence-electron chi connectivity index (χ4n) is 0.463. The lowest BCUT2D eigenvalue weighted by atomic mass is 10.5. The van der Waals surface area contributed by atoms with Crippen molar-refractivity contribution < 1.29 is 19.5 Å². The molecule has 0 aliphatic rings. The fourth-order valence-corrected chi connectivity index (χ4v) is 0.661. The van der Waals surface area contributed by atoms with Crippen LogP contribution in [-0.2, 0) is 14.4 Å². The average Bonchev–Trinajstić information content (AvgIpc) is 2.10. The molecule has 0 aromatic rings. The van der Waals surface area contributed by atoms with Crippen molar-refractivity contribution in [1.82, 2.24) is 10.6 Å². The summed E-state index contributed by atoms with van der Waals surface area (Å²) >= 11 is 2.89. The molecule has 0 radical (unpaired) electrons. The number of halogens is 1. The van der Waals surface area contributed by atoms with E-state index in [1.54, 1.807) is 0 Å². The zero-order valence-corrected chi connectivity index (χ0v) is 8.26. The molecule has 0 rings (SSSR count). The summed E-state index contributed by atoms with van der Waals surface area (Å²) in [5.74, 6) is -1.98. The van der Waals surface area contributed by atoms with Gasteiger partial charge in [0, 0.05) is 0 Å². The fraction of sp³-hybridized carbons (Fsp3) is 0.500. The van der Waals surface area contributed by atoms with Gasteiger partial charge in [-0.2, -0.15) is 0 Å². The van der Waals surface area contributed by atoms with Crippen LogP contribution in [0.5, 0.6) is 0 Å². The Morgan fingerprint density at radius 2 is 1.62 bits per heavy atom. The zero-order valence-electron chi connectivity index (χ0n) is 6.67. The molecular weight excluding hydrogens is 244 g/mol. The number of nitrogens with one attached hydrogen (secondary N) is 2. The SMILES string of the molecule is O=C(O)CNC(=O)CNC(=O)CBr. The van der Waals surface area contributed by atoms with Crippen molar-refractivity contribution in [3.63, 3.8) is 0 Å². The molecule has 7 heteroatoms. The first-order chi connectivity index (χ1) is 6.06. The molecule has 0 unspecified atom stereocenters. The van der Waals surface area contributed by atoms with Crippen LogP contribution >= 0.6 is 15.9 Å². The molecule has 0 aromatic heterocycles. The van der Waals surface area contributed by atoms with E-state index in [0.29, 0.717) is 0 Å². The molecule has 0 saturated carbocycles. The molecule has 0 spiro atoms. The van der Waals surface area contributed by atoms with Crippen LogP contribution in [0.25, 0.3) is 0 Å². The maximum Gasteiger partial charge on any atom is 0.322 e. The largest absolute Gasteiger partial charge is 0.480 e. The van der Waals surface area contributed by atoms with Gasteiger partial charge in [-0.15, -0.1) is 0 Å². The van der Waals surface area contributed by atoms with E-state index < -0.39 is 18.4 Å². The quantitative estimate of drug-likeness (QED) is 0.530. The van der Waals surface area contributed by atoms with Crippen molar-refractivity contribution in [2.75, 3.05) is 18.4 Å². The number of alkyl halides is 1. The van der Waals surface area contributed by atoms with Gasteiger partial charge in [-0.25, -0.2) is 0 Å². The highest BCUT2D eigenvalue weighted by Crippen LogP contribution is 1.77. The van der Waals surface area contributed by atoms with Gasteiger partial charge >= 0.3 is 5.97 Å². The van der Waals surface area contributed by atoms with Gasteiger partial charge in [0.25, 0.3) is 0 Å². The molecule has 0 saturated heterocycles. The number of rotatable bonds is 5. The van der Waals surface area contributed by atoms with Crippen LogP contribution in [-0.4, -0.2) is 41.3 Å². The topological polar surface area (TPSA) is 95.5 Å². The molecule has 2 amide bonds. The minimum absolute atomic E-state index is 0.110. The van der Waals surface area contributed by atoms with Crippen molar-refractivity contribution in [2.24, 2.45) is 0 Å². The number of hydrogen-bond acceptors (Lipinski definition) is 3. The van der Waals surface area contributed by atoms with Crippen LogP contribution in [0, 0.1) is 0 Å². The maximum atomic E-state index is 10.8. The zero-order chi connectivity index (χ0) is 10.3. The Labute approximate surface area is 82.8 Å². The summed E-state index contributed by atoms with van der Waals surface area (Å²) in [6.45, 7) is -0.652. The Morgan fingerprint density at radius 3 is 2.08 bits per heavy atom. The number of amides is 2. The minimum Gasteiger partial charge on any atom is -0.480 e. The first-order valence-electron chi connectivity index (χ1n) is 3.37. The number of carboxylic acids is 1. The summed E-state index contributed by atoms with van der Waals surface area (Å²) in [7, 11) is 0. The van der Waals surface area contributed by atoms with Crippen molar-refractivity contribution in [2.45, 2.75) is 0 Å². The molecule has 3 N–H and O–H groups in total. The molecule has 0 aromatic carbocycles. The van der Waals surface area contributed by atoms with E-state index in [-0.39, 0.29) is 17.8 Å². The predicted molar refractivity (Wildman–Crippen MR) is 47.4 cm³/mol. The second-order valence-electron chi connectivity index (χ2n) is 2.08. The van der Waals surface area contributed by atoms with E-state index >= 15 is 0 Å². The molecule has 0 fully saturated rings. The highest BCUT2D eigenvalue weighted by atomic mass is 79.9. The molecule has 6 nitrogen and oxygen atoms in total. The third kappa shape index (κ3) is 7.26. The van der Waals surface area contributed by atoms with Crippen molar-refractivity contribution in [3.05, 3.63) is 0 Å². The molecule has 0 bridgehead atoms. The van der Waals surface area contributed by atoms with Gasteiger partial charge in [0.2, 0.25) is 11.8 Å². The lowest BCUT2D eigenvalue weighted by Gasteiger charge is -2.02. The molecule has 0 heterocycles. The normalized spacial score (nSPS) is 9.00. The van der Waals surface area contributed by atoms with Gasteiger partial charge in [0.1, 0.15) is 6.54 Å². The standard InChI is InChI=1S/C6H9BrN2O4/c7-1-4(10)8-2-5(11)9-3-6(12)13/h1-3H2,(H,8,10)(H,9,11)(H,12,13). The van der Waals surface area contributed by atoms with E-state index in [1.807, 2.05) is 0 Å². The monoisotopic (exact) mass is 252 g/mol. The van der Waals surface area contributed by atoms with Crippen LogP contribution in [0.15, 0.2) is 0 Å². The number of aliphatic carboxylic acids is 1. The van der Waals surface area contributed by atoms with E-state index in [4.69, 9.17) is 5.11 Å². The summed E-state index contributed by atoms with van der Waals surface area (Å²) < 4.78 is 0. The molecule has 13 heavy (non-hydrogen) atoms. The highest BCUT2D eigenvalue weighted by molar-refractivity contribution is 9.09. The van der Waals surface area contributed by atoms with Crippen molar-refractivity contribution in [3.8, 4) is 0 Å². The third-order valence-electron chi connectivity index (χ3n) is 1.00. The Morgan fingerprint density at radius 1 is 1.08 bits per heavy atom. The van der Waals surface area contributed by atoms with E-state index in [9.17, 15) is 14.4 Å². The Bertz CT molecular complexity index is 219. The molecular formula is C6H9BrN2O4. The van der Waals surface area contributed by atoms with E-state index in [1.165, 1.54) is 0 Å². The van der Waals surface area contributed by atoms with Crippen molar-refractivity contribution in [1.29, 1.82) is 0 Å². The highest BCUT2D eigenvalue weighted by Gasteiger charge is 2.04. The molecule has 0 aliphatic heterocycles. The second-order valence-corrected chi connectivity index (χ2v) is 2.64.